The van der Waals surface area contributed by atoms with Gasteiger partial charge in [-0.3, -0.25) is 14.2 Å². The largest absolute Gasteiger partial charge is 0.425 e. The molecule has 0 fully saturated rings. The molecule has 0 aliphatic rings. The lowest BCUT2D eigenvalue weighted by molar-refractivity contribution is -0.131. The normalized spacial score (nSPS) is 10.6. The van der Waals surface area contributed by atoms with Crippen LogP contribution in [0.1, 0.15) is 12.5 Å². The highest BCUT2D eigenvalue weighted by Gasteiger charge is 2.21. The van der Waals surface area contributed by atoms with Crippen LogP contribution in [-0.2, 0) is 11.2 Å². The predicted octanol–water partition coefficient (Wildman–Crippen LogP) is 3.64. The average molecular weight is 446 g/mol. The third-order valence-electron chi connectivity index (χ3n) is 3.67. The number of carbonyl (C=O) groups excluding carboxylic acids is 1. The van der Waals surface area contributed by atoms with Gasteiger partial charge >= 0.3 is 5.97 Å². The number of pyridine rings is 2. The lowest BCUT2D eigenvalue weighted by atomic mass is 10.1. The van der Waals surface area contributed by atoms with Crippen molar-refractivity contribution in [2.24, 2.45) is 0 Å². The molecule has 25 heavy (non-hydrogen) atoms. The Morgan fingerprint density at radius 3 is 2.76 bits per heavy atom. The first-order valence-corrected chi connectivity index (χ1v) is 8.69. The highest BCUT2D eigenvalue weighted by molar-refractivity contribution is 14.1. The second-order valence-corrected chi connectivity index (χ2v) is 6.52. The molecule has 3 rings (SSSR count). The van der Waals surface area contributed by atoms with Crippen molar-refractivity contribution < 1.29 is 9.53 Å². The molecule has 0 saturated heterocycles. The van der Waals surface area contributed by atoms with E-state index < -0.39 is 5.97 Å². The minimum Gasteiger partial charge on any atom is -0.425 e. The van der Waals surface area contributed by atoms with Gasteiger partial charge in [0, 0.05) is 16.7 Å². The summed E-state index contributed by atoms with van der Waals surface area (Å²) in [6.07, 6.45) is 3.51. The summed E-state index contributed by atoms with van der Waals surface area (Å²) in [6, 6.07) is 11.1. The standard InChI is InChI=1S/C19H15IN2O3/c1-3-7-14-17(25-12(2)23)13-8-6-11-21-18(13)22(19(14)24)16-10-5-4-9-15(16)20/h3-6,8-11H,1,7H2,2H3. The molecular weight excluding hydrogens is 431 g/mol. The van der Waals surface area contributed by atoms with E-state index in [1.54, 1.807) is 29.0 Å². The van der Waals surface area contributed by atoms with Crippen molar-refractivity contribution in [1.29, 1.82) is 0 Å². The highest BCUT2D eigenvalue weighted by atomic mass is 127. The lowest BCUT2D eigenvalue weighted by Crippen LogP contribution is -2.25. The summed E-state index contributed by atoms with van der Waals surface area (Å²) >= 11 is 2.18. The van der Waals surface area contributed by atoms with E-state index in [-0.39, 0.29) is 17.7 Å². The van der Waals surface area contributed by atoms with E-state index in [0.29, 0.717) is 16.6 Å². The van der Waals surface area contributed by atoms with Crippen LogP contribution < -0.4 is 10.3 Å². The summed E-state index contributed by atoms with van der Waals surface area (Å²) in [4.78, 5) is 29.1. The summed E-state index contributed by atoms with van der Waals surface area (Å²) < 4.78 is 7.85. The van der Waals surface area contributed by atoms with Crippen LogP contribution in [0.5, 0.6) is 5.75 Å². The Balaban J connectivity index is 2.49. The Morgan fingerprint density at radius 2 is 2.08 bits per heavy atom. The number of fused-ring (bicyclic) bond motifs is 1. The van der Waals surface area contributed by atoms with Crippen molar-refractivity contribution in [2.45, 2.75) is 13.3 Å². The molecule has 6 heteroatoms. The monoisotopic (exact) mass is 446 g/mol. The van der Waals surface area contributed by atoms with Crippen molar-refractivity contribution in [1.82, 2.24) is 9.55 Å². The number of hydrogen-bond donors (Lipinski definition) is 0. The number of para-hydroxylation sites is 1. The Morgan fingerprint density at radius 1 is 1.32 bits per heavy atom. The van der Waals surface area contributed by atoms with Crippen LogP contribution in [0, 0.1) is 3.57 Å². The number of rotatable bonds is 4. The van der Waals surface area contributed by atoms with Crippen LogP contribution >= 0.6 is 22.6 Å². The Labute approximate surface area is 158 Å². The summed E-state index contributed by atoms with van der Waals surface area (Å²) in [5.74, 6) is -0.232. The van der Waals surface area contributed by atoms with Gasteiger partial charge in [0.1, 0.15) is 0 Å². The van der Waals surface area contributed by atoms with Crippen LogP contribution in [-0.4, -0.2) is 15.5 Å². The fourth-order valence-corrected chi connectivity index (χ4v) is 3.31. The van der Waals surface area contributed by atoms with Crippen molar-refractivity contribution >= 4 is 39.6 Å². The maximum atomic E-state index is 13.2. The minimum atomic E-state index is -0.484. The van der Waals surface area contributed by atoms with Gasteiger partial charge in [-0.25, -0.2) is 4.98 Å². The number of hydrogen-bond acceptors (Lipinski definition) is 4. The second kappa shape index (κ2) is 7.18. The molecule has 0 radical (unpaired) electrons. The highest BCUT2D eigenvalue weighted by Crippen LogP contribution is 2.29. The maximum absolute atomic E-state index is 13.2. The quantitative estimate of drug-likeness (QED) is 0.349. The number of ether oxygens (including phenoxy) is 1. The van der Waals surface area contributed by atoms with E-state index in [4.69, 9.17) is 4.74 Å². The molecule has 0 unspecified atom stereocenters. The molecule has 0 atom stereocenters. The minimum absolute atomic E-state index is 0.252. The first-order valence-electron chi connectivity index (χ1n) is 7.61. The molecule has 3 aromatic rings. The summed E-state index contributed by atoms with van der Waals surface area (Å²) in [7, 11) is 0. The Bertz CT molecular complexity index is 1040. The molecule has 1 aromatic carbocycles. The van der Waals surface area contributed by atoms with Gasteiger partial charge < -0.3 is 4.74 Å². The van der Waals surface area contributed by atoms with Crippen molar-refractivity contribution in [3.8, 4) is 11.4 Å². The molecule has 0 N–H and O–H groups in total. The van der Waals surface area contributed by atoms with E-state index in [9.17, 15) is 9.59 Å². The van der Waals surface area contributed by atoms with Gasteiger partial charge in [-0.2, -0.15) is 0 Å². The third-order valence-corrected chi connectivity index (χ3v) is 4.58. The number of benzene rings is 1. The van der Waals surface area contributed by atoms with E-state index in [1.165, 1.54) is 6.92 Å². The van der Waals surface area contributed by atoms with Crippen molar-refractivity contribution in [3.63, 3.8) is 0 Å². The van der Waals surface area contributed by atoms with E-state index in [1.807, 2.05) is 24.3 Å². The van der Waals surface area contributed by atoms with Crippen LogP contribution in [0.25, 0.3) is 16.7 Å². The molecule has 126 valence electrons. The summed E-state index contributed by atoms with van der Waals surface area (Å²) in [6.45, 7) is 5.02. The molecule has 0 bridgehead atoms. The molecule has 2 heterocycles. The van der Waals surface area contributed by atoms with Crippen LogP contribution in [0.4, 0.5) is 0 Å². The predicted molar refractivity (Wildman–Crippen MR) is 105 cm³/mol. The smallest absolute Gasteiger partial charge is 0.308 e. The number of esters is 1. The zero-order valence-electron chi connectivity index (χ0n) is 13.5. The summed E-state index contributed by atoms with van der Waals surface area (Å²) in [5, 5.41) is 0.605. The topological polar surface area (TPSA) is 61.2 Å². The van der Waals surface area contributed by atoms with Gasteiger partial charge in [0.15, 0.2) is 11.4 Å². The van der Waals surface area contributed by atoms with Gasteiger partial charge in [-0.05, 0) is 53.3 Å². The van der Waals surface area contributed by atoms with Gasteiger partial charge in [-0.15, -0.1) is 6.58 Å². The number of halogens is 1. The first kappa shape index (κ1) is 17.3. The van der Waals surface area contributed by atoms with Gasteiger partial charge in [0.05, 0.1) is 16.6 Å². The number of aromatic nitrogens is 2. The van der Waals surface area contributed by atoms with Crippen molar-refractivity contribution in [3.05, 3.63) is 74.7 Å². The third kappa shape index (κ3) is 3.21. The zero-order valence-corrected chi connectivity index (χ0v) is 15.7. The fourth-order valence-electron chi connectivity index (χ4n) is 2.68. The molecule has 0 aliphatic carbocycles. The van der Waals surface area contributed by atoms with Crippen LogP contribution in [0.3, 0.4) is 0 Å². The Kier molecular flexibility index (Phi) is 4.98. The van der Waals surface area contributed by atoms with Crippen LogP contribution in [0.2, 0.25) is 0 Å². The van der Waals surface area contributed by atoms with Crippen molar-refractivity contribution in [2.75, 3.05) is 0 Å². The number of allylic oxidation sites excluding steroid dienone is 1. The number of carbonyl (C=O) groups is 1. The zero-order chi connectivity index (χ0) is 18.0. The molecular formula is C19H15IN2O3. The molecule has 5 nitrogen and oxygen atoms in total. The SMILES string of the molecule is C=CCc1c(OC(C)=O)c2cccnc2n(-c2ccccc2I)c1=O. The van der Waals surface area contributed by atoms with Gasteiger partial charge in [0.25, 0.3) is 5.56 Å². The fraction of sp³-hybridized carbons (Fsp3) is 0.105. The van der Waals surface area contributed by atoms with E-state index in [2.05, 4.69) is 34.2 Å². The molecule has 0 saturated carbocycles. The van der Waals surface area contributed by atoms with Crippen LogP contribution in [0.15, 0.2) is 60.0 Å². The average Bonchev–Trinajstić information content (AvgIpc) is 2.59. The Hall–Kier alpha value is -2.48. The summed E-state index contributed by atoms with van der Waals surface area (Å²) in [5.41, 5.74) is 1.29. The molecule has 0 amide bonds. The van der Waals surface area contributed by atoms with Gasteiger partial charge in [-0.1, -0.05) is 18.2 Å². The molecule has 0 spiro atoms. The van der Waals surface area contributed by atoms with E-state index >= 15 is 0 Å². The lowest BCUT2D eigenvalue weighted by Gasteiger charge is -2.16. The first-order chi connectivity index (χ1) is 12.0. The number of nitrogens with zero attached hydrogens (tertiary/aromatic N) is 2. The van der Waals surface area contributed by atoms with E-state index in [0.717, 1.165) is 9.26 Å². The molecule has 2 aromatic heterocycles. The second-order valence-electron chi connectivity index (χ2n) is 5.36. The molecule has 0 aliphatic heterocycles. The maximum Gasteiger partial charge on any atom is 0.308 e. The van der Waals surface area contributed by atoms with Gasteiger partial charge in [0.2, 0.25) is 0 Å².